The molecule has 3 nitrogen and oxygen atoms in total. The van der Waals surface area contributed by atoms with Gasteiger partial charge in [0.15, 0.2) is 0 Å². The van der Waals surface area contributed by atoms with Gasteiger partial charge in [0, 0.05) is 24.7 Å². The zero-order valence-electron chi connectivity index (χ0n) is 10.0. The summed E-state index contributed by atoms with van der Waals surface area (Å²) < 4.78 is 5.12. The summed E-state index contributed by atoms with van der Waals surface area (Å²) in [5.74, 6) is 0.785. The molecule has 0 atom stereocenters. The first-order valence-corrected chi connectivity index (χ1v) is 6.29. The molecule has 0 saturated carbocycles. The number of halogens is 1. The van der Waals surface area contributed by atoms with Crippen molar-refractivity contribution < 1.29 is 9.84 Å². The normalized spacial score (nSPS) is 18.3. The molecule has 1 aliphatic rings. The topological polar surface area (TPSA) is 32.7 Å². The highest BCUT2D eigenvalue weighted by atomic mass is 35.5. The fourth-order valence-electron chi connectivity index (χ4n) is 2.10. The van der Waals surface area contributed by atoms with Gasteiger partial charge in [0.1, 0.15) is 5.75 Å². The molecule has 0 aliphatic carbocycles. The molecule has 0 unspecified atom stereocenters. The van der Waals surface area contributed by atoms with Crippen LogP contribution in [-0.4, -0.2) is 36.3 Å². The molecule has 0 amide bonds. The third-order valence-electron chi connectivity index (χ3n) is 3.21. The van der Waals surface area contributed by atoms with E-state index in [9.17, 15) is 5.11 Å². The summed E-state index contributed by atoms with van der Waals surface area (Å²) >= 11 is 6.20. The molecule has 1 aromatic carbocycles. The van der Waals surface area contributed by atoms with Crippen molar-refractivity contribution >= 4 is 11.6 Å². The van der Waals surface area contributed by atoms with Gasteiger partial charge < -0.3 is 9.84 Å². The van der Waals surface area contributed by atoms with Crippen LogP contribution in [-0.2, 0) is 6.54 Å². The Balaban J connectivity index is 1.99. The highest BCUT2D eigenvalue weighted by Gasteiger charge is 2.17. The van der Waals surface area contributed by atoms with Crippen molar-refractivity contribution in [3.05, 3.63) is 28.8 Å². The van der Waals surface area contributed by atoms with Gasteiger partial charge in [-0.05, 0) is 30.5 Å². The van der Waals surface area contributed by atoms with Gasteiger partial charge in [-0.1, -0.05) is 17.7 Å². The Kier molecular flexibility index (Phi) is 4.26. The average Bonchev–Trinajstić information content (AvgIpc) is 2.34. The Labute approximate surface area is 107 Å². The van der Waals surface area contributed by atoms with Gasteiger partial charge in [-0.25, -0.2) is 0 Å². The number of hydrogen-bond acceptors (Lipinski definition) is 3. The summed E-state index contributed by atoms with van der Waals surface area (Å²) in [7, 11) is 1.64. The second-order valence-corrected chi connectivity index (χ2v) is 4.87. The molecule has 1 saturated heterocycles. The predicted octanol–water partition coefficient (Wildman–Crippen LogP) is 2.31. The van der Waals surface area contributed by atoms with E-state index in [2.05, 4.69) is 4.90 Å². The Hall–Kier alpha value is -0.770. The number of hydrogen-bond donors (Lipinski definition) is 1. The zero-order chi connectivity index (χ0) is 12.3. The Morgan fingerprint density at radius 3 is 2.71 bits per heavy atom. The lowest BCUT2D eigenvalue weighted by molar-refractivity contribution is 0.0792. The summed E-state index contributed by atoms with van der Waals surface area (Å²) in [4.78, 5) is 2.32. The Morgan fingerprint density at radius 2 is 2.12 bits per heavy atom. The van der Waals surface area contributed by atoms with Crippen LogP contribution in [0.25, 0.3) is 0 Å². The van der Waals surface area contributed by atoms with Crippen LogP contribution in [0.1, 0.15) is 18.4 Å². The SMILES string of the molecule is COc1ccc(CN2CCC(O)CC2)c(Cl)c1. The number of nitrogens with zero attached hydrogens (tertiary/aromatic N) is 1. The lowest BCUT2D eigenvalue weighted by Crippen LogP contribution is -2.35. The van der Waals surface area contributed by atoms with Crippen molar-refractivity contribution in [3.8, 4) is 5.75 Å². The van der Waals surface area contributed by atoms with Crippen molar-refractivity contribution in [1.29, 1.82) is 0 Å². The maximum absolute atomic E-state index is 9.45. The smallest absolute Gasteiger partial charge is 0.120 e. The number of aliphatic hydroxyl groups is 1. The summed E-state index contributed by atoms with van der Waals surface area (Å²) in [5, 5.41) is 10.2. The molecule has 0 aromatic heterocycles. The maximum atomic E-state index is 9.45. The van der Waals surface area contributed by atoms with Crippen LogP contribution >= 0.6 is 11.6 Å². The Morgan fingerprint density at radius 1 is 1.41 bits per heavy atom. The lowest BCUT2D eigenvalue weighted by Gasteiger charge is -2.29. The maximum Gasteiger partial charge on any atom is 0.120 e. The minimum absolute atomic E-state index is 0.127. The molecule has 4 heteroatoms. The van der Waals surface area contributed by atoms with E-state index >= 15 is 0 Å². The van der Waals surface area contributed by atoms with E-state index in [0.29, 0.717) is 0 Å². The zero-order valence-corrected chi connectivity index (χ0v) is 10.8. The predicted molar refractivity (Wildman–Crippen MR) is 68.5 cm³/mol. The molecule has 94 valence electrons. The van der Waals surface area contributed by atoms with Crippen LogP contribution in [0.15, 0.2) is 18.2 Å². The van der Waals surface area contributed by atoms with Crippen LogP contribution in [0, 0.1) is 0 Å². The van der Waals surface area contributed by atoms with Crippen molar-refractivity contribution in [1.82, 2.24) is 4.90 Å². The van der Waals surface area contributed by atoms with Gasteiger partial charge in [0.05, 0.1) is 13.2 Å². The summed E-state index contributed by atoms with van der Waals surface area (Å²) in [6.45, 7) is 2.71. The van der Waals surface area contributed by atoms with E-state index in [1.54, 1.807) is 7.11 Å². The summed E-state index contributed by atoms with van der Waals surface area (Å²) in [6.07, 6.45) is 1.58. The molecule has 0 spiro atoms. The van der Waals surface area contributed by atoms with Gasteiger partial charge >= 0.3 is 0 Å². The monoisotopic (exact) mass is 255 g/mol. The standard InChI is InChI=1S/C13H18ClNO2/c1-17-12-3-2-10(13(14)8-12)9-15-6-4-11(16)5-7-15/h2-3,8,11,16H,4-7,9H2,1H3. The van der Waals surface area contributed by atoms with Gasteiger partial charge in [-0.2, -0.15) is 0 Å². The second-order valence-electron chi connectivity index (χ2n) is 4.46. The van der Waals surface area contributed by atoms with Crippen LogP contribution in [0.4, 0.5) is 0 Å². The van der Waals surface area contributed by atoms with Crippen LogP contribution < -0.4 is 4.74 Å². The van der Waals surface area contributed by atoms with Crippen molar-refractivity contribution in [2.75, 3.05) is 20.2 Å². The number of methoxy groups -OCH3 is 1. The van der Waals surface area contributed by atoms with Crippen LogP contribution in [0.5, 0.6) is 5.75 Å². The molecule has 1 aromatic rings. The molecule has 17 heavy (non-hydrogen) atoms. The molecule has 1 fully saturated rings. The number of rotatable bonds is 3. The third-order valence-corrected chi connectivity index (χ3v) is 3.56. The fourth-order valence-corrected chi connectivity index (χ4v) is 2.33. The highest BCUT2D eigenvalue weighted by molar-refractivity contribution is 6.31. The second kappa shape index (κ2) is 5.71. The summed E-state index contributed by atoms with van der Waals surface area (Å²) in [5.41, 5.74) is 1.11. The minimum Gasteiger partial charge on any atom is -0.497 e. The Bertz CT molecular complexity index is 376. The van der Waals surface area contributed by atoms with Gasteiger partial charge in [0.2, 0.25) is 0 Å². The largest absolute Gasteiger partial charge is 0.497 e. The first kappa shape index (κ1) is 12.7. The van der Waals surface area contributed by atoms with Gasteiger partial charge in [-0.3, -0.25) is 4.90 Å². The number of likely N-dealkylation sites (tertiary alicyclic amines) is 1. The molecule has 1 heterocycles. The fraction of sp³-hybridized carbons (Fsp3) is 0.538. The van der Waals surface area contributed by atoms with E-state index < -0.39 is 0 Å². The van der Waals surface area contributed by atoms with Crippen LogP contribution in [0.2, 0.25) is 5.02 Å². The molecular weight excluding hydrogens is 238 g/mol. The number of benzene rings is 1. The highest BCUT2D eigenvalue weighted by Crippen LogP contribution is 2.24. The van der Waals surface area contributed by atoms with Crippen molar-refractivity contribution in [2.45, 2.75) is 25.5 Å². The first-order valence-electron chi connectivity index (χ1n) is 5.92. The first-order chi connectivity index (χ1) is 8.19. The van der Waals surface area contributed by atoms with Crippen molar-refractivity contribution in [2.24, 2.45) is 0 Å². The molecular formula is C13H18ClNO2. The lowest BCUT2D eigenvalue weighted by atomic mass is 10.1. The molecule has 1 aliphatic heterocycles. The molecule has 0 bridgehead atoms. The van der Waals surface area contributed by atoms with E-state index in [-0.39, 0.29) is 6.10 Å². The molecule has 1 N–H and O–H groups in total. The number of aliphatic hydroxyl groups excluding tert-OH is 1. The number of ether oxygens (including phenoxy) is 1. The quantitative estimate of drug-likeness (QED) is 0.900. The average molecular weight is 256 g/mol. The molecule has 2 rings (SSSR count). The van der Waals surface area contributed by atoms with Crippen molar-refractivity contribution in [3.63, 3.8) is 0 Å². The number of piperidine rings is 1. The minimum atomic E-state index is -0.127. The molecule has 0 radical (unpaired) electrons. The van der Waals surface area contributed by atoms with Crippen LogP contribution in [0.3, 0.4) is 0 Å². The van der Waals surface area contributed by atoms with E-state index in [1.807, 2.05) is 18.2 Å². The van der Waals surface area contributed by atoms with E-state index in [1.165, 1.54) is 0 Å². The third kappa shape index (κ3) is 3.35. The van der Waals surface area contributed by atoms with E-state index in [0.717, 1.165) is 48.8 Å². The summed E-state index contributed by atoms with van der Waals surface area (Å²) in [6, 6.07) is 5.78. The van der Waals surface area contributed by atoms with Gasteiger partial charge in [-0.15, -0.1) is 0 Å². The van der Waals surface area contributed by atoms with Gasteiger partial charge in [0.25, 0.3) is 0 Å². The van der Waals surface area contributed by atoms with E-state index in [4.69, 9.17) is 16.3 Å².